The molecule has 0 radical (unpaired) electrons. The molecule has 4 heterocycles. The van der Waals surface area contributed by atoms with Crippen LogP contribution in [0.4, 0.5) is 0 Å². The van der Waals surface area contributed by atoms with E-state index in [1.807, 2.05) is 24.5 Å². The third-order valence-corrected chi connectivity index (χ3v) is 13.1. The third kappa shape index (κ3) is 4.88. The summed E-state index contributed by atoms with van der Waals surface area (Å²) >= 11 is 0. The van der Waals surface area contributed by atoms with E-state index in [0.29, 0.717) is 0 Å². The molecule has 5 heteroatoms. The molecule has 7 aromatic rings. The zero-order valence-electron chi connectivity index (χ0n) is 32.0. The van der Waals surface area contributed by atoms with Gasteiger partial charge in [0.1, 0.15) is 11.0 Å². The molecule has 0 amide bonds. The first kappa shape index (κ1) is 33.6. The lowest BCUT2D eigenvalue weighted by Crippen LogP contribution is -2.36. The van der Waals surface area contributed by atoms with Gasteiger partial charge in [0.2, 0.25) is 0 Å². The molecule has 4 aliphatic rings. The molecule has 4 atom stereocenters. The van der Waals surface area contributed by atoms with Gasteiger partial charge in [0.05, 0.1) is 22.6 Å². The normalized spacial score (nSPS) is 22.4. The van der Waals surface area contributed by atoms with Gasteiger partial charge in [-0.15, -0.1) is 0 Å². The first-order valence-electron chi connectivity index (χ1n) is 20.2. The van der Waals surface area contributed by atoms with Crippen LogP contribution in [-0.4, -0.2) is 19.1 Å². The standard InChI is InChI=1S/C52H43N5/c1-34-41(30-31-53)42-28-29-45-48(43-16-8-9-17-44(43)52(45,37-12-4-2-5-13-37)38-14-6-3-7-15-38)51(42)56(34)39-24-20-35(21-25-39)36-22-26-40(27-23-36)57-46-18-10-32-54-49(46)50-47(57)19-11-33-55-50/h2-6,8-14,16-24,26-33,39,43-44H,7,15,25,53H2,1H3/b31-30-/t39-,43?,44?,52?/m0/s1. The van der Waals surface area contributed by atoms with Gasteiger partial charge in [-0.05, 0) is 103 Å². The van der Waals surface area contributed by atoms with Crippen molar-refractivity contribution in [2.75, 3.05) is 0 Å². The summed E-state index contributed by atoms with van der Waals surface area (Å²) in [4.78, 5) is 9.34. The van der Waals surface area contributed by atoms with Crippen LogP contribution in [0.25, 0.3) is 50.3 Å². The lowest BCUT2D eigenvalue weighted by Gasteiger charge is -2.41. The van der Waals surface area contributed by atoms with E-state index in [-0.39, 0.29) is 23.3 Å². The smallest absolute Gasteiger partial charge is 0.115 e. The molecule has 57 heavy (non-hydrogen) atoms. The van der Waals surface area contributed by atoms with Crippen LogP contribution in [0.5, 0.6) is 0 Å². The summed E-state index contributed by atoms with van der Waals surface area (Å²) < 4.78 is 4.89. The Morgan fingerprint density at radius 2 is 1.58 bits per heavy atom. The highest BCUT2D eigenvalue weighted by atomic mass is 15.0. The predicted molar refractivity (Wildman–Crippen MR) is 235 cm³/mol. The number of nitrogens with zero attached hydrogens (tertiary/aromatic N) is 4. The SMILES string of the molecule is Cc1c(/C=C\N)c2ccc3c(c2n1[C@H]1C=CC(c2ccc(-n4c5cccnc5c5ncccc54)cc2)=CC1)C1C=CC=CC1C3(C1=CC=CCC1)c1ccccc1. The summed E-state index contributed by atoms with van der Waals surface area (Å²) in [6, 6.07) is 33.4. The minimum Gasteiger partial charge on any atom is -0.405 e. The number of hydrogen-bond donors (Lipinski definition) is 1. The Morgan fingerprint density at radius 1 is 0.807 bits per heavy atom. The molecule has 4 aromatic heterocycles. The number of pyridine rings is 2. The lowest BCUT2D eigenvalue weighted by molar-refractivity contribution is 0.436. The van der Waals surface area contributed by atoms with Gasteiger partial charge in [0, 0.05) is 52.0 Å². The first-order chi connectivity index (χ1) is 28.2. The Balaban J connectivity index is 1.02. The second kappa shape index (κ2) is 13.2. The van der Waals surface area contributed by atoms with Gasteiger partial charge in [0.25, 0.3) is 0 Å². The third-order valence-electron chi connectivity index (χ3n) is 13.1. The minimum atomic E-state index is -0.262. The molecule has 3 unspecified atom stereocenters. The second-order valence-electron chi connectivity index (χ2n) is 15.8. The van der Waals surface area contributed by atoms with Crippen LogP contribution in [0.2, 0.25) is 0 Å². The number of fused-ring (bicyclic) bond motifs is 8. The highest BCUT2D eigenvalue weighted by Crippen LogP contribution is 2.62. The minimum absolute atomic E-state index is 0.157. The Bertz CT molecular complexity index is 2910. The van der Waals surface area contributed by atoms with Crippen molar-refractivity contribution >= 4 is 44.6 Å². The average molecular weight is 738 g/mol. The van der Waals surface area contributed by atoms with Gasteiger partial charge < -0.3 is 14.9 Å². The summed E-state index contributed by atoms with van der Waals surface area (Å²) in [7, 11) is 0. The van der Waals surface area contributed by atoms with Crippen LogP contribution in [0, 0.1) is 12.8 Å². The lowest BCUT2D eigenvalue weighted by atomic mass is 9.61. The number of allylic oxidation sites excluding steroid dienone is 12. The molecule has 0 bridgehead atoms. The van der Waals surface area contributed by atoms with Gasteiger partial charge in [-0.25, -0.2) is 0 Å². The monoisotopic (exact) mass is 737 g/mol. The Labute approximate surface area is 332 Å². The fourth-order valence-corrected chi connectivity index (χ4v) is 10.8. The van der Waals surface area contributed by atoms with Crippen LogP contribution in [0.15, 0.2) is 176 Å². The summed E-state index contributed by atoms with van der Waals surface area (Å²) in [5.74, 6) is 0.508. The van der Waals surface area contributed by atoms with Gasteiger partial charge in [-0.1, -0.05) is 121 Å². The second-order valence-corrected chi connectivity index (χ2v) is 15.8. The van der Waals surface area contributed by atoms with Crippen molar-refractivity contribution in [1.82, 2.24) is 19.1 Å². The molecule has 4 aliphatic carbocycles. The molecule has 3 aromatic carbocycles. The van der Waals surface area contributed by atoms with E-state index in [9.17, 15) is 0 Å². The average Bonchev–Trinajstić information content (AvgIpc) is 3.88. The van der Waals surface area contributed by atoms with E-state index in [1.54, 1.807) is 6.20 Å². The van der Waals surface area contributed by atoms with Crippen molar-refractivity contribution in [1.29, 1.82) is 0 Å². The van der Waals surface area contributed by atoms with Crippen molar-refractivity contribution < 1.29 is 0 Å². The van der Waals surface area contributed by atoms with Crippen LogP contribution < -0.4 is 5.73 Å². The van der Waals surface area contributed by atoms with Crippen LogP contribution in [0.3, 0.4) is 0 Å². The zero-order valence-corrected chi connectivity index (χ0v) is 32.0. The Kier molecular flexibility index (Phi) is 7.78. The molecule has 0 saturated heterocycles. The van der Waals surface area contributed by atoms with E-state index < -0.39 is 0 Å². The van der Waals surface area contributed by atoms with Gasteiger partial charge in [-0.3, -0.25) is 9.97 Å². The molecule has 5 nitrogen and oxygen atoms in total. The molecule has 11 rings (SSSR count). The number of nitrogens with two attached hydrogens (primary N) is 1. The van der Waals surface area contributed by atoms with Gasteiger partial charge in [-0.2, -0.15) is 0 Å². The summed E-state index contributed by atoms with van der Waals surface area (Å²) in [5.41, 5.74) is 23.0. The maximum absolute atomic E-state index is 6.17. The van der Waals surface area contributed by atoms with Crippen molar-refractivity contribution in [3.63, 3.8) is 0 Å². The van der Waals surface area contributed by atoms with E-state index in [1.165, 1.54) is 55.6 Å². The van der Waals surface area contributed by atoms with Gasteiger partial charge >= 0.3 is 0 Å². The number of aromatic nitrogens is 4. The van der Waals surface area contributed by atoms with E-state index in [2.05, 4.69) is 172 Å². The van der Waals surface area contributed by atoms with Crippen LogP contribution in [-0.2, 0) is 5.41 Å². The van der Waals surface area contributed by atoms with E-state index in [0.717, 1.165) is 47.0 Å². The largest absolute Gasteiger partial charge is 0.405 e. The molecular weight excluding hydrogens is 695 g/mol. The molecular formula is C52H43N5. The molecule has 0 spiro atoms. The number of rotatable bonds is 6. The maximum Gasteiger partial charge on any atom is 0.115 e. The fraction of sp³-hybridized carbons (Fsp3) is 0.154. The Morgan fingerprint density at radius 3 is 2.28 bits per heavy atom. The Hall–Kier alpha value is -6.72. The summed E-state index contributed by atoms with van der Waals surface area (Å²) in [6.45, 7) is 2.27. The van der Waals surface area contributed by atoms with Gasteiger partial charge in [0.15, 0.2) is 0 Å². The highest BCUT2D eigenvalue weighted by Gasteiger charge is 2.54. The molecule has 0 aliphatic heterocycles. The summed E-state index contributed by atoms with van der Waals surface area (Å²) in [6.07, 6.45) is 34.1. The maximum atomic E-state index is 6.17. The highest BCUT2D eigenvalue weighted by molar-refractivity contribution is 6.04. The summed E-state index contributed by atoms with van der Waals surface area (Å²) in [5, 5.41) is 1.27. The van der Waals surface area contributed by atoms with Crippen molar-refractivity contribution in [3.05, 3.63) is 209 Å². The van der Waals surface area contributed by atoms with E-state index in [4.69, 9.17) is 5.73 Å². The molecule has 0 saturated carbocycles. The number of hydrogen-bond acceptors (Lipinski definition) is 3. The molecule has 2 N–H and O–H groups in total. The first-order valence-corrected chi connectivity index (χ1v) is 20.2. The number of benzene rings is 3. The van der Waals surface area contributed by atoms with Crippen LogP contribution >= 0.6 is 0 Å². The quantitative estimate of drug-likeness (QED) is 0.185. The predicted octanol–water partition coefficient (Wildman–Crippen LogP) is 11.8. The zero-order chi connectivity index (χ0) is 38.1. The molecule has 0 fully saturated rings. The van der Waals surface area contributed by atoms with Crippen molar-refractivity contribution in [2.24, 2.45) is 11.7 Å². The van der Waals surface area contributed by atoms with E-state index >= 15 is 0 Å². The van der Waals surface area contributed by atoms with Crippen molar-refractivity contribution in [2.45, 2.75) is 43.6 Å². The van der Waals surface area contributed by atoms with Crippen LogP contribution in [0.1, 0.15) is 64.7 Å². The molecule has 276 valence electrons. The topological polar surface area (TPSA) is 61.7 Å². The fourth-order valence-electron chi connectivity index (χ4n) is 10.8. The van der Waals surface area contributed by atoms with Crippen molar-refractivity contribution in [3.8, 4) is 5.69 Å².